The highest BCUT2D eigenvalue weighted by atomic mass is 19.1. The first-order valence-corrected chi connectivity index (χ1v) is 12.3. The van der Waals surface area contributed by atoms with Gasteiger partial charge in [0, 0.05) is 80.4 Å². The van der Waals surface area contributed by atoms with E-state index in [0.717, 1.165) is 45.2 Å². The second-order valence-corrected chi connectivity index (χ2v) is 9.24. The van der Waals surface area contributed by atoms with Crippen LogP contribution in [-0.4, -0.2) is 65.8 Å². The molecule has 2 aliphatic rings. The third kappa shape index (κ3) is 5.29. The molecule has 3 aromatic rings. The number of fused-ring (bicyclic) bond motifs is 1. The molecular formula is C29H27F2N3O3. The fourth-order valence-corrected chi connectivity index (χ4v) is 4.95. The molecule has 2 aromatic carbocycles. The smallest absolute Gasteiger partial charge is 0.219 e. The maximum Gasteiger partial charge on any atom is 0.219 e. The van der Waals surface area contributed by atoms with Crippen LogP contribution < -0.4 is 4.74 Å². The number of carbonyl (C=O) groups is 2. The zero-order valence-corrected chi connectivity index (χ0v) is 20.5. The van der Waals surface area contributed by atoms with E-state index in [-0.39, 0.29) is 11.7 Å². The van der Waals surface area contributed by atoms with Crippen molar-refractivity contribution in [2.45, 2.75) is 13.3 Å². The van der Waals surface area contributed by atoms with Crippen molar-refractivity contribution in [1.29, 1.82) is 0 Å². The molecule has 190 valence electrons. The van der Waals surface area contributed by atoms with Crippen molar-refractivity contribution in [2.24, 2.45) is 0 Å². The highest BCUT2D eigenvalue weighted by molar-refractivity contribution is 6.41. The van der Waals surface area contributed by atoms with Crippen molar-refractivity contribution in [1.82, 2.24) is 14.8 Å². The molecule has 0 unspecified atom stereocenters. The highest BCUT2D eigenvalue weighted by Crippen LogP contribution is 2.43. The zero-order chi connectivity index (χ0) is 25.9. The molecule has 1 aliphatic carbocycles. The third-order valence-electron chi connectivity index (χ3n) is 6.79. The van der Waals surface area contributed by atoms with Gasteiger partial charge in [-0.1, -0.05) is 6.07 Å². The van der Waals surface area contributed by atoms with Gasteiger partial charge in [0.2, 0.25) is 5.91 Å². The number of carbonyl (C=O) groups excluding carboxylic acids is 2. The van der Waals surface area contributed by atoms with Gasteiger partial charge >= 0.3 is 0 Å². The average Bonchev–Trinajstić information content (AvgIpc) is 3.18. The van der Waals surface area contributed by atoms with Crippen LogP contribution in [0, 0.1) is 11.6 Å². The Labute approximate surface area is 214 Å². The van der Waals surface area contributed by atoms with Gasteiger partial charge in [0.05, 0.1) is 6.61 Å². The van der Waals surface area contributed by atoms with Crippen molar-refractivity contribution in [3.63, 3.8) is 0 Å². The number of hydrogen-bond donors (Lipinski definition) is 0. The predicted octanol–water partition coefficient (Wildman–Crippen LogP) is 4.45. The van der Waals surface area contributed by atoms with Crippen LogP contribution in [0.25, 0.3) is 11.1 Å². The van der Waals surface area contributed by atoms with Crippen LogP contribution in [0.1, 0.15) is 40.4 Å². The Morgan fingerprint density at radius 1 is 0.946 bits per heavy atom. The molecule has 1 fully saturated rings. The number of ether oxygens (including phenoxy) is 1. The van der Waals surface area contributed by atoms with E-state index >= 15 is 0 Å². The lowest BCUT2D eigenvalue weighted by atomic mass is 9.95. The van der Waals surface area contributed by atoms with E-state index in [0.29, 0.717) is 45.8 Å². The number of pyridine rings is 1. The van der Waals surface area contributed by atoms with Crippen LogP contribution >= 0.6 is 0 Å². The van der Waals surface area contributed by atoms with Crippen molar-refractivity contribution >= 4 is 22.8 Å². The number of amides is 1. The summed E-state index contributed by atoms with van der Waals surface area (Å²) in [6.45, 7) is 6.11. The fraction of sp³-hybridized carbons (Fsp3) is 0.276. The summed E-state index contributed by atoms with van der Waals surface area (Å²) in [7, 11) is 0. The van der Waals surface area contributed by atoms with Crippen LogP contribution in [0.3, 0.4) is 0 Å². The van der Waals surface area contributed by atoms with Gasteiger partial charge < -0.3 is 9.64 Å². The second kappa shape index (κ2) is 10.6. The first-order valence-electron chi connectivity index (χ1n) is 12.3. The highest BCUT2D eigenvalue weighted by Gasteiger charge is 2.32. The van der Waals surface area contributed by atoms with Crippen LogP contribution in [0.15, 0.2) is 60.9 Å². The van der Waals surface area contributed by atoms with Gasteiger partial charge in [-0.15, -0.1) is 0 Å². The van der Waals surface area contributed by atoms with Gasteiger partial charge in [-0.2, -0.15) is 0 Å². The third-order valence-corrected chi connectivity index (χ3v) is 6.79. The Hall–Kier alpha value is -3.91. The zero-order valence-electron chi connectivity index (χ0n) is 20.5. The molecule has 37 heavy (non-hydrogen) atoms. The lowest BCUT2D eigenvalue weighted by Crippen LogP contribution is -2.48. The van der Waals surface area contributed by atoms with Gasteiger partial charge in [0.15, 0.2) is 5.78 Å². The van der Waals surface area contributed by atoms with Crippen LogP contribution in [-0.2, 0) is 4.79 Å². The van der Waals surface area contributed by atoms with Gasteiger partial charge in [-0.05, 0) is 53.9 Å². The summed E-state index contributed by atoms with van der Waals surface area (Å²) in [4.78, 5) is 33.3. The summed E-state index contributed by atoms with van der Waals surface area (Å²) in [6.07, 6.45) is 3.98. The quantitative estimate of drug-likeness (QED) is 0.446. The van der Waals surface area contributed by atoms with E-state index in [1.807, 2.05) is 4.90 Å². The number of hydrogen-bond acceptors (Lipinski definition) is 5. The summed E-state index contributed by atoms with van der Waals surface area (Å²) >= 11 is 0. The number of Topliss-reactive ketones (excluding diaryl/α,β-unsaturated/α-hetero) is 1. The monoisotopic (exact) mass is 503 g/mol. The first kappa shape index (κ1) is 24.8. The second-order valence-electron chi connectivity index (χ2n) is 9.24. The van der Waals surface area contributed by atoms with E-state index in [1.165, 1.54) is 12.1 Å². The molecule has 5 rings (SSSR count). The molecule has 0 radical (unpaired) electrons. The lowest BCUT2D eigenvalue weighted by molar-refractivity contribution is -0.130. The van der Waals surface area contributed by atoms with Crippen molar-refractivity contribution in [3.05, 3.63) is 94.8 Å². The van der Waals surface area contributed by atoms with E-state index < -0.39 is 11.6 Å². The van der Waals surface area contributed by atoms with Crippen LogP contribution in [0.4, 0.5) is 8.78 Å². The van der Waals surface area contributed by atoms with Crippen molar-refractivity contribution < 1.29 is 23.1 Å². The molecule has 0 spiro atoms. The molecule has 1 saturated heterocycles. The molecule has 0 bridgehead atoms. The minimum atomic E-state index is -0.711. The fourth-order valence-electron chi connectivity index (χ4n) is 4.95. The van der Waals surface area contributed by atoms with E-state index in [9.17, 15) is 18.4 Å². The van der Waals surface area contributed by atoms with Gasteiger partial charge in [0.1, 0.15) is 17.4 Å². The molecule has 1 aromatic heterocycles. The number of benzene rings is 2. The Balaban J connectivity index is 1.32. The summed E-state index contributed by atoms with van der Waals surface area (Å²) in [5, 5.41) is 0. The number of aromatic nitrogens is 1. The number of allylic oxidation sites excluding steroid dienone is 1. The Morgan fingerprint density at radius 2 is 1.70 bits per heavy atom. The lowest BCUT2D eigenvalue weighted by Gasteiger charge is -2.34. The molecule has 0 atom stereocenters. The summed E-state index contributed by atoms with van der Waals surface area (Å²) in [5.74, 6) is -0.989. The standard InChI is InChI=1S/C29H27F2N3O3/c1-19(35)34-11-9-33(10-12-34)8-3-13-37-24-5-6-25-26(17-24)29(36)28(20-4-2-7-32-18-20)27(25)21-14-22(30)16-23(31)15-21/h2,4-7,14-18H,3,8-13H2,1H3. The van der Waals surface area contributed by atoms with Crippen LogP contribution in [0.2, 0.25) is 0 Å². The topological polar surface area (TPSA) is 62.7 Å². The summed E-state index contributed by atoms with van der Waals surface area (Å²) in [6, 6.07) is 12.0. The number of ketones is 1. The normalized spacial score (nSPS) is 15.8. The van der Waals surface area contributed by atoms with Crippen molar-refractivity contribution in [2.75, 3.05) is 39.3 Å². The maximum absolute atomic E-state index is 14.1. The van der Waals surface area contributed by atoms with Gasteiger partial charge in [-0.3, -0.25) is 19.5 Å². The number of piperazine rings is 1. The van der Waals surface area contributed by atoms with E-state index in [4.69, 9.17) is 4.74 Å². The molecule has 2 heterocycles. The first-order chi connectivity index (χ1) is 17.9. The van der Waals surface area contributed by atoms with E-state index in [1.54, 1.807) is 49.6 Å². The van der Waals surface area contributed by atoms with Crippen LogP contribution in [0.5, 0.6) is 5.75 Å². The SMILES string of the molecule is CC(=O)N1CCN(CCCOc2ccc3c(c2)C(=O)C(c2cccnc2)=C3c2cc(F)cc(F)c2)CC1. The molecular weight excluding hydrogens is 476 g/mol. The molecule has 1 amide bonds. The van der Waals surface area contributed by atoms with Gasteiger partial charge in [-0.25, -0.2) is 8.78 Å². The molecule has 6 nitrogen and oxygen atoms in total. The maximum atomic E-state index is 14.1. The Morgan fingerprint density at radius 3 is 2.38 bits per heavy atom. The average molecular weight is 504 g/mol. The number of halogens is 2. The predicted molar refractivity (Wildman–Crippen MR) is 136 cm³/mol. The summed E-state index contributed by atoms with van der Waals surface area (Å²) in [5.41, 5.74) is 2.73. The molecule has 0 N–H and O–H groups in total. The number of nitrogens with zero attached hydrogens (tertiary/aromatic N) is 3. The number of rotatable bonds is 7. The van der Waals surface area contributed by atoms with Gasteiger partial charge in [0.25, 0.3) is 0 Å². The summed E-state index contributed by atoms with van der Waals surface area (Å²) < 4.78 is 34.2. The molecule has 1 aliphatic heterocycles. The largest absolute Gasteiger partial charge is 0.494 e. The molecule has 8 heteroatoms. The Kier molecular flexibility index (Phi) is 7.10. The minimum absolute atomic E-state index is 0.112. The van der Waals surface area contributed by atoms with Crippen molar-refractivity contribution in [3.8, 4) is 5.75 Å². The Bertz CT molecular complexity index is 1350. The molecule has 0 saturated carbocycles. The minimum Gasteiger partial charge on any atom is -0.494 e. The van der Waals surface area contributed by atoms with E-state index in [2.05, 4.69) is 9.88 Å².